The van der Waals surface area contributed by atoms with Crippen LogP contribution in [-0.2, 0) is 11.2 Å². The van der Waals surface area contributed by atoms with Crippen molar-refractivity contribution in [3.8, 4) is 17.2 Å². The van der Waals surface area contributed by atoms with Crippen LogP contribution in [0.4, 0.5) is 5.69 Å². The molecule has 0 saturated heterocycles. The second kappa shape index (κ2) is 10.4. The van der Waals surface area contributed by atoms with Crippen molar-refractivity contribution in [1.82, 2.24) is 0 Å². The molecule has 0 atom stereocenters. The lowest BCUT2D eigenvalue weighted by Crippen LogP contribution is -2.04. The third-order valence-corrected chi connectivity index (χ3v) is 5.12. The summed E-state index contributed by atoms with van der Waals surface area (Å²) in [7, 11) is 3.24. The maximum atomic E-state index is 12.4. The minimum absolute atomic E-state index is 0.0698. The van der Waals surface area contributed by atoms with E-state index >= 15 is 0 Å². The molecule has 3 rings (SSSR count). The molecule has 3 aromatic rings. The van der Waals surface area contributed by atoms with Gasteiger partial charge in [0.2, 0.25) is 0 Å². The van der Waals surface area contributed by atoms with Gasteiger partial charge in [0.15, 0.2) is 0 Å². The van der Waals surface area contributed by atoms with Crippen LogP contribution < -0.4 is 14.2 Å². The van der Waals surface area contributed by atoms with Gasteiger partial charge in [-0.2, -0.15) is 0 Å². The normalized spacial score (nSPS) is 11.0. The Morgan fingerprint density at radius 3 is 2.34 bits per heavy atom. The molecule has 0 N–H and O–H groups in total. The molecule has 0 bridgehead atoms. The summed E-state index contributed by atoms with van der Waals surface area (Å²) in [5, 5.41) is 12.7. The number of methoxy groups -OCH3 is 2. The van der Waals surface area contributed by atoms with Gasteiger partial charge in [-0.05, 0) is 71.8 Å². The lowest BCUT2D eigenvalue weighted by molar-refractivity contribution is -0.384. The molecule has 0 amide bonds. The number of nitrogens with zero attached hydrogens (tertiary/aromatic N) is 1. The Balaban J connectivity index is 1.94. The molecular formula is C25H25NO6. The number of aryl methyl sites for hydroxylation is 1. The van der Waals surface area contributed by atoms with E-state index in [1.807, 2.05) is 24.3 Å². The van der Waals surface area contributed by atoms with Gasteiger partial charge in [0.25, 0.3) is 5.69 Å². The number of unbranched alkanes of at least 4 members (excludes halogenated alkanes) is 1. The van der Waals surface area contributed by atoms with Crippen LogP contribution in [0.2, 0.25) is 0 Å². The third kappa shape index (κ3) is 5.24. The Hall–Kier alpha value is -3.87. The second-order valence-corrected chi connectivity index (χ2v) is 7.17. The average Bonchev–Trinajstić information content (AvgIpc) is 2.81. The van der Waals surface area contributed by atoms with Crippen LogP contribution >= 0.6 is 0 Å². The number of ether oxygens (including phenoxy) is 3. The summed E-state index contributed by atoms with van der Waals surface area (Å²) < 4.78 is 16.3. The van der Waals surface area contributed by atoms with Crippen molar-refractivity contribution in [2.75, 3.05) is 14.2 Å². The molecule has 3 aromatic carbocycles. The first-order valence-corrected chi connectivity index (χ1v) is 10.3. The highest BCUT2D eigenvalue weighted by molar-refractivity contribution is 5.96. The predicted octanol–water partition coefficient (Wildman–Crippen LogP) is 5.73. The van der Waals surface area contributed by atoms with Gasteiger partial charge in [0, 0.05) is 23.6 Å². The predicted molar refractivity (Wildman–Crippen MR) is 123 cm³/mol. The standard InChI is InChI=1S/C25H25NO6/c1-4-5-6-21-17(15-24(31-3)22-13-12-20(30-2)16-23(21)22)7-14-25(27)32-19-10-8-18(9-11-19)26(28)29/h7-16H,4-6H2,1-3H3. The van der Waals surface area contributed by atoms with Crippen LogP contribution in [0.3, 0.4) is 0 Å². The van der Waals surface area contributed by atoms with E-state index in [0.29, 0.717) is 5.75 Å². The van der Waals surface area contributed by atoms with Gasteiger partial charge in [0.1, 0.15) is 17.2 Å². The monoisotopic (exact) mass is 435 g/mol. The van der Waals surface area contributed by atoms with Crippen molar-refractivity contribution in [3.63, 3.8) is 0 Å². The maximum absolute atomic E-state index is 12.4. The molecule has 7 heteroatoms. The molecule has 0 aliphatic rings. The van der Waals surface area contributed by atoms with Crippen molar-refractivity contribution in [3.05, 3.63) is 75.8 Å². The Morgan fingerprint density at radius 2 is 1.72 bits per heavy atom. The van der Waals surface area contributed by atoms with Crippen LogP contribution in [0, 0.1) is 10.1 Å². The lowest BCUT2D eigenvalue weighted by atomic mass is 9.93. The number of rotatable bonds is 9. The van der Waals surface area contributed by atoms with E-state index < -0.39 is 10.9 Å². The summed E-state index contributed by atoms with van der Waals surface area (Å²) in [5.41, 5.74) is 1.89. The van der Waals surface area contributed by atoms with E-state index in [-0.39, 0.29) is 11.4 Å². The SMILES string of the molecule is CCCCc1c(C=CC(=O)Oc2ccc([N+](=O)[O-])cc2)cc(OC)c2ccc(OC)cc12. The summed E-state index contributed by atoms with van der Waals surface area (Å²) in [4.78, 5) is 22.6. The highest BCUT2D eigenvalue weighted by Gasteiger charge is 2.13. The highest BCUT2D eigenvalue weighted by Crippen LogP contribution is 2.35. The summed E-state index contributed by atoms with van der Waals surface area (Å²) in [6, 6.07) is 13.1. The first-order chi connectivity index (χ1) is 15.5. The number of non-ortho nitro benzene ring substituents is 1. The van der Waals surface area contributed by atoms with Crippen LogP contribution in [-0.4, -0.2) is 25.1 Å². The molecule has 0 unspecified atom stereocenters. The van der Waals surface area contributed by atoms with Crippen molar-refractivity contribution in [2.24, 2.45) is 0 Å². The fraction of sp³-hybridized carbons (Fsp3) is 0.240. The van der Waals surface area contributed by atoms with Gasteiger partial charge in [-0.15, -0.1) is 0 Å². The molecule has 0 saturated carbocycles. The number of benzene rings is 3. The molecular weight excluding hydrogens is 410 g/mol. The van der Waals surface area contributed by atoms with E-state index in [1.54, 1.807) is 20.3 Å². The van der Waals surface area contributed by atoms with Crippen LogP contribution in [0.5, 0.6) is 17.2 Å². The van der Waals surface area contributed by atoms with E-state index in [0.717, 1.165) is 46.9 Å². The molecule has 0 spiro atoms. The number of nitro benzene ring substituents is 1. The van der Waals surface area contributed by atoms with Crippen LogP contribution in [0.1, 0.15) is 30.9 Å². The Labute approximate surface area is 186 Å². The van der Waals surface area contributed by atoms with Crippen LogP contribution in [0.15, 0.2) is 54.6 Å². The number of esters is 1. The van der Waals surface area contributed by atoms with E-state index in [2.05, 4.69) is 6.92 Å². The van der Waals surface area contributed by atoms with Gasteiger partial charge in [-0.1, -0.05) is 13.3 Å². The van der Waals surface area contributed by atoms with Gasteiger partial charge in [-0.3, -0.25) is 10.1 Å². The zero-order valence-corrected chi connectivity index (χ0v) is 18.3. The van der Waals surface area contributed by atoms with Crippen LogP contribution in [0.25, 0.3) is 16.8 Å². The molecule has 0 radical (unpaired) electrons. The fourth-order valence-electron chi connectivity index (χ4n) is 3.47. The lowest BCUT2D eigenvalue weighted by Gasteiger charge is -2.15. The van der Waals surface area contributed by atoms with E-state index in [1.165, 1.54) is 30.3 Å². The minimum Gasteiger partial charge on any atom is -0.497 e. The van der Waals surface area contributed by atoms with Crippen molar-refractivity contribution >= 4 is 28.5 Å². The Kier molecular flexibility index (Phi) is 7.44. The maximum Gasteiger partial charge on any atom is 0.336 e. The number of hydrogen-bond donors (Lipinski definition) is 0. The smallest absolute Gasteiger partial charge is 0.336 e. The number of carbonyl (C=O) groups is 1. The molecule has 0 aliphatic carbocycles. The van der Waals surface area contributed by atoms with Gasteiger partial charge in [0.05, 0.1) is 19.1 Å². The molecule has 32 heavy (non-hydrogen) atoms. The molecule has 7 nitrogen and oxygen atoms in total. The minimum atomic E-state index is -0.579. The van der Waals surface area contributed by atoms with Crippen molar-refractivity contribution in [2.45, 2.75) is 26.2 Å². The second-order valence-electron chi connectivity index (χ2n) is 7.17. The summed E-state index contributed by atoms with van der Waals surface area (Å²) >= 11 is 0. The molecule has 0 aliphatic heterocycles. The molecule has 0 aromatic heterocycles. The first-order valence-electron chi connectivity index (χ1n) is 10.3. The van der Waals surface area contributed by atoms with E-state index in [9.17, 15) is 14.9 Å². The van der Waals surface area contributed by atoms with Gasteiger partial charge < -0.3 is 14.2 Å². The average molecular weight is 435 g/mol. The van der Waals surface area contributed by atoms with Gasteiger partial charge >= 0.3 is 5.97 Å². The summed E-state index contributed by atoms with van der Waals surface area (Å²) in [6.45, 7) is 2.13. The topological polar surface area (TPSA) is 87.9 Å². The fourth-order valence-corrected chi connectivity index (χ4v) is 3.47. The summed E-state index contributed by atoms with van der Waals surface area (Å²) in [5.74, 6) is 1.10. The Bertz CT molecular complexity index is 1150. The zero-order valence-electron chi connectivity index (χ0n) is 18.3. The summed E-state index contributed by atoms with van der Waals surface area (Å²) in [6.07, 6.45) is 5.91. The Morgan fingerprint density at radius 1 is 1.00 bits per heavy atom. The molecule has 0 heterocycles. The largest absolute Gasteiger partial charge is 0.497 e. The van der Waals surface area contributed by atoms with Gasteiger partial charge in [-0.25, -0.2) is 4.79 Å². The van der Waals surface area contributed by atoms with Crippen molar-refractivity contribution < 1.29 is 23.9 Å². The van der Waals surface area contributed by atoms with Crippen molar-refractivity contribution in [1.29, 1.82) is 0 Å². The first kappa shape index (κ1) is 22.8. The number of hydrogen-bond acceptors (Lipinski definition) is 6. The zero-order chi connectivity index (χ0) is 23.1. The highest BCUT2D eigenvalue weighted by atomic mass is 16.6. The number of nitro groups is 1. The van der Waals surface area contributed by atoms with E-state index in [4.69, 9.17) is 14.2 Å². The quantitative estimate of drug-likeness (QED) is 0.140. The molecule has 166 valence electrons. The number of carbonyl (C=O) groups excluding carboxylic acids is 1. The number of fused-ring (bicyclic) bond motifs is 1. The third-order valence-electron chi connectivity index (χ3n) is 5.12. The molecule has 0 fully saturated rings.